The van der Waals surface area contributed by atoms with Crippen molar-refractivity contribution in [3.63, 3.8) is 0 Å². The summed E-state index contributed by atoms with van der Waals surface area (Å²) in [5, 5.41) is 2.81. The van der Waals surface area contributed by atoms with Crippen LogP contribution >= 0.6 is 0 Å². The van der Waals surface area contributed by atoms with Gasteiger partial charge in [-0.2, -0.15) is 0 Å². The minimum absolute atomic E-state index is 0.0460. The average molecular weight is 372 g/mol. The summed E-state index contributed by atoms with van der Waals surface area (Å²) in [5.41, 5.74) is 0.862. The van der Waals surface area contributed by atoms with Crippen molar-refractivity contribution in [3.05, 3.63) is 35.6 Å². The molecule has 0 aromatic heterocycles. The number of rotatable bonds is 8. The Bertz CT molecular complexity index is 658. The first-order chi connectivity index (χ1) is 11.9. The summed E-state index contributed by atoms with van der Waals surface area (Å²) in [7, 11) is -3.38. The number of carbonyl (C=O) groups is 1. The molecule has 140 valence electrons. The zero-order chi connectivity index (χ0) is 18.3. The van der Waals surface area contributed by atoms with E-state index in [9.17, 15) is 17.6 Å². The standard InChI is InChI=1S/C17H25FN2O4S/c1-25(22,23)20(10-6-14-2-4-16(18)5-3-14)11-9-19-17(21)15-7-12-24-13-8-15/h2-5,15H,6-13H2,1H3,(H,19,21). The second-order valence-electron chi connectivity index (χ2n) is 6.22. The molecule has 0 bridgehead atoms. The molecule has 0 atom stereocenters. The van der Waals surface area contributed by atoms with Crippen LogP contribution < -0.4 is 5.32 Å². The quantitative estimate of drug-likeness (QED) is 0.743. The summed E-state index contributed by atoms with van der Waals surface area (Å²) in [4.78, 5) is 12.1. The lowest BCUT2D eigenvalue weighted by Crippen LogP contribution is -2.41. The van der Waals surface area contributed by atoms with Gasteiger partial charge in [0.05, 0.1) is 6.26 Å². The molecule has 8 heteroatoms. The Balaban J connectivity index is 1.81. The minimum Gasteiger partial charge on any atom is -0.381 e. The van der Waals surface area contributed by atoms with Crippen molar-refractivity contribution in [1.29, 1.82) is 0 Å². The summed E-state index contributed by atoms with van der Waals surface area (Å²) >= 11 is 0. The van der Waals surface area contributed by atoms with E-state index in [4.69, 9.17) is 4.74 Å². The predicted octanol–water partition coefficient (Wildman–Crippen LogP) is 1.17. The van der Waals surface area contributed by atoms with E-state index in [2.05, 4.69) is 5.32 Å². The van der Waals surface area contributed by atoms with Crippen LogP contribution in [0, 0.1) is 11.7 Å². The third-order valence-electron chi connectivity index (χ3n) is 4.28. The van der Waals surface area contributed by atoms with E-state index in [1.54, 1.807) is 12.1 Å². The Labute approximate surface area is 148 Å². The van der Waals surface area contributed by atoms with Gasteiger partial charge in [-0.15, -0.1) is 0 Å². The summed E-state index contributed by atoms with van der Waals surface area (Å²) in [6, 6.07) is 5.99. The van der Waals surface area contributed by atoms with Gasteiger partial charge < -0.3 is 10.1 Å². The number of hydrogen-bond acceptors (Lipinski definition) is 4. The van der Waals surface area contributed by atoms with Crippen molar-refractivity contribution >= 4 is 15.9 Å². The normalized spacial score (nSPS) is 16.1. The molecule has 2 rings (SSSR count). The van der Waals surface area contributed by atoms with Gasteiger partial charge in [0.25, 0.3) is 0 Å². The first-order valence-electron chi connectivity index (χ1n) is 8.41. The molecule has 0 aliphatic carbocycles. The Hall–Kier alpha value is -1.51. The number of sulfonamides is 1. The Morgan fingerprint density at radius 3 is 2.48 bits per heavy atom. The van der Waals surface area contributed by atoms with Gasteiger partial charge in [-0.1, -0.05) is 12.1 Å². The van der Waals surface area contributed by atoms with Gasteiger partial charge in [-0.25, -0.2) is 17.1 Å². The smallest absolute Gasteiger partial charge is 0.223 e. The molecule has 1 aliphatic rings. The van der Waals surface area contributed by atoms with Crippen LogP contribution in [-0.4, -0.2) is 57.7 Å². The molecule has 0 unspecified atom stereocenters. The SMILES string of the molecule is CS(=O)(=O)N(CCNC(=O)C1CCOCC1)CCc1ccc(F)cc1. The second kappa shape index (κ2) is 9.26. The summed E-state index contributed by atoms with van der Waals surface area (Å²) in [6.07, 6.45) is 3.04. The molecule has 0 saturated carbocycles. The molecular weight excluding hydrogens is 347 g/mol. The maximum atomic E-state index is 12.9. The zero-order valence-corrected chi connectivity index (χ0v) is 15.2. The maximum Gasteiger partial charge on any atom is 0.223 e. The van der Waals surface area contributed by atoms with Crippen molar-refractivity contribution in [1.82, 2.24) is 9.62 Å². The number of nitrogens with one attached hydrogen (secondary N) is 1. The second-order valence-corrected chi connectivity index (χ2v) is 8.20. The molecule has 1 aromatic rings. The fraction of sp³-hybridized carbons (Fsp3) is 0.588. The number of amides is 1. The number of halogens is 1. The molecule has 1 N–H and O–H groups in total. The van der Waals surface area contributed by atoms with Crippen LogP contribution in [0.3, 0.4) is 0 Å². The molecule has 1 aromatic carbocycles. The van der Waals surface area contributed by atoms with E-state index in [-0.39, 0.29) is 37.3 Å². The summed E-state index contributed by atoms with van der Waals surface area (Å²) < 4.78 is 43.3. The number of hydrogen-bond donors (Lipinski definition) is 1. The van der Waals surface area contributed by atoms with Gasteiger partial charge in [0.15, 0.2) is 0 Å². The van der Waals surface area contributed by atoms with Crippen LogP contribution in [0.25, 0.3) is 0 Å². The number of carbonyl (C=O) groups excluding carboxylic acids is 1. The van der Waals surface area contributed by atoms with Crippen LogP contribution in [0.2, 0.25) is 0 Å². The molecule has 1 amide bonds. The van der Waals surface area contributed by atoms with E-state index in [0.717, 1.165) is 11.8 Å². The Kier molecular flexibility index (Phi) is 7.34. The monoisotopic (exact) mass is 372 g/mol. The van der Waals surface area contributed by atoms with Crippen LogP contribution in [-0.2, 0) is 26.0 Å². The molecule has 0 radical (unpaired) electrons. The van der Waals surface area contributed by atoms with Crippen LogP contribution in [0.5, 0.6) is 0 Å². The lowest BCUT2D eigenvalue weighted by Gasteiger charge is -2.23. The van der Waals surface area contributed by atoms with Crippen molar-refractivity contribution in [2.24, 2.45) is 5.92 Å². The number of benzene rings is 1. The zero-order valence-electron chi connectivity index (χ0n) is 14.4. The predicted molar refractivity (Wildman–Crippen MR) is 93.1 cm³/mol. The molecule has 1 aliphatic heterocycles. The van der Waals surface area contributed by atoms with E-state index in [0.29, 0.717) is 32.5 Å². The van der Waals surface area contributed by atoms with Gasteiger partial charge in [-0.05, 0) is 37.0 Å². The van der Waals surface area contributed by atoms with Crippen LogP contribution in [0.1, 0.15) is 18.4 Å². The third kappa shape index (κ3) is 6.72. The third-order valence-corrected chi connectivity index (χ3v) is 5.59. The molecule has 1 heterocycles. The lowest BCUT2D eigenvalue weighted by atomic mass is 9.99. The highest BCUT2D eigenvalue weighted by molar-refractivity contribution is 7.88. The van der Waals surface area contributed by atoms with Crippen molar-refractivity contribution in [2.75, 3.05) is 39.1 Å². The van der Waals surface area contributed by atoms with E-state index in [1.165, 1.54) is 16.4 Å². The van der Waals surface area contributed by atoms with E-state index in [1.807, 2.05) is 0 Å². The van der Waals surface area contributed by atoms with Gasteiger partial charge in [0, 0.05) is 38.8 Å². The average Bonchev–Trinajstić information content (AvgIpc) is 2.59. The molecule has 6 nitrogen and oxygen atoms in total. The first kappa shape index (κ1) is 19.8. The highest BCUT2D eigenvalue weighted by Crippen LogP contribution is 2.14. The van der Waals surface area contributed by atoms with Gasteiger partial charge in [-0.3, -0.25) is 4.79 Å². The van der Waals surface area contributed by atoms with Crippen LogP contribution in [0.15, 0.2) is 24.3 Å². The largest absolute Gasteiger partial charge is 0.381 e. The van der Waals surface area contributed by atoms with Gasteiger partial charge in [0.2, 0.25) is 15.9 Å². The topological polar surface area (TPSA) is 75.7 Å². The molecule has 1 fully saturated rings. The van der Waals surface area contributed by atoms with E-state index < -0.39 is 10.0 Å². The fourth-order valence-electron chi connectivity index (χ4n) is 2.76. The Morgan fingerprint density at radius 1 is 1.24 bits per heavy atom. The minimum atomic E-state index is -3.38. The molecule has 25 heavy (non-hydrogen) atoms. The summed E-state index contributed by atoms with van der Waals surface area (Å²) in [5.74, 6) is -0.422. The van der Waals surface area contributed by atoms with E-state index >= 15 is 0 Å². The number of ether oxygens (including phenoxy) is 1. The van der Waals surface area contributed by atoms with Gasteiger partial charge >= 0.3 is 0 Å². The van der Waals surface area contributed by atoms with Gasteiger partial charge in [0.1, 0.15) is 5.82 Å². The molecule has 0 spiro atoms. The highest BCUT2D eigenvalue weighted by atomic mass is 32.2. The number of nitrogens with zero attached hydrogens (tertiary/aromatic N) is 1. The Morgan fingerprint density at radius 2 is 1.88 bits per heavy atom. The summed E-state index contributed by atoms with van der Waals surface area (Å²) in [6.45, 7) is 1.95. The first-order valence-corrected chi connectivity index (χ1v) is 10.3. The van der Waals surface area contributed by atoms with Crippen molar-refractivity contribution in [2.45, 2.75) is 19.3 Å². The maximum absolute atomic E-state index is 12.9. The van der Waals surface area contributed by atoms with Crippen LogP contribution in [0.4, 0.5) is 4.39 Å². The fourth-order valence-corrected chi connectivity index (χ4v) is 3.60. The highest BCUT2D eigenvalue weighted by Gasteiger charge is 2.22. The molecule has 1 saturated heterocycles. The lowest BCUT2D eigenvalue weighted by molar-refractivity contribution is -0.127. The van der Waals surface area contributed by atoms with Crippen molar-refractivity contribution in [3.8, 4) is 0 Å². The molecular formula is C17H25FN2O4S. The van der Waals surface area contributed by atoms with Crippen molar-refractivity contribution < 1.29 is 22.3 Å².